The number of rotatable bonds is 8. The van der Waals surface area contributed by atoms with Crippen molar-refractivity contribution < 1.29 is 19.1 Å². The minimum absolute atomic E-state index is 0.155. The molecule has 8 heteroatoms. The quantitative estimate of drug-likeness (QED) is 0.388. The largest absolute Gasteiger partial charge is 0.486 e. The number of hydrogen-bond donors (Lipinski definition) is 1. The van der Waals surface area contributed by atoms with E-state index in [2.05, 4.69) is 11.5 Å². The number of nitrogens with zero attached hydrogens (tertiary/aromatic N) is 3. The van der Waals surface area contributed by atoms with Gasteiger partial charge < -0.3 is 14.8 Å². The first-order valence-electron chi connectivity index (χ1n) is 10.6. The number of benzene rings is 2. The lowest BCUT2D eigenvalue weighted by molar-refractivity contribution is -0.144. The van der Waals surface area contributed by atoms with Gasteiger partial charge in [0.2, 0.25) is 0 Å². The van der Waals surface area contributed by atoms with Gasteiger partial charge >= 0.3 is 0 Å². The summed E-state index contributed by atoms with van der Waals surface area (Å²) in [5, 5.41) is 15.0. The van der Waals surface area contributed by atoms with E-state index >= 15 is 0 Å². The number of hydrazine groups is 1. The second-order valence-corrected chi connectivity index (χ2v) is 8.02. The van der Waals surface area contributed by atoms with Gasteiger partial charge in [0.15, 0.2) is 17.7 Å². The summed E-state index contributed by atoms with van der Waals surface area (Å²) in [5.41, 5.74) is 1.27. The van der Waals surface area contributed by atoms with E-state index in [9.17, 15) is 14.9 Å². The molecule has 0 unspecified atom stereocenters. The van der Waals surface area contributed by atoms with Crippen molar-refractivity contribution in [1.82, 2.24) is 15.3 Å². The Bertz CT molecular complexity index is 987. The van der Waals surface area contributed by atoms with Gasteiger partial charge in [-0.25, -0.2) is 10.0 Å². The highest BCUT2D eigenvalue weighted by Gasteiger charge is 2.29. The predicted octanol–water partition coefficient (Wildman–Crippen LogP) is 2.96. The minimum Gasteiger partial charge on any atom is -0.486 e. The maximum absolute atomic E-state index is 13.2. The van der Waals surface area contributed by atoms with Crippen LogP contribution >= 0.6 is 0 Å². The molecule has 1 N–H and O–H groups in total. The van der Waals surface area contributed by atoms with E-state index in [-0.39, 0.29) is 24.3 Å². The lowest BCUT2D eigenvalue weighted by atomic mass is 10.0. The first-order valence-corrected chi connectivity index (χ1v) is 10.6. The van der Waals surface area contributed by atoms with E-state index in [0.717, 1.165) is 5.56 Å². The number of amides is 2. The number of carbonyl (C=O) groups excluding carboxylic acids is 2. The fourth-order valence-electron chi connectivity index (χ4n) is 3.43. The molecule has 1 aliphatic rings. The molecule has 0 bridgehead atoms. The van der Waals surface area contributed by atoms with E-state index in [4.69, 9.17) is 9.47 Å². The summed E-state index contributed by atoms with van der Waals surface area (Å²) >= 11 is 0. The summed E-state index contributed by atoms with van der Waals surface area (Å²) in [7, 11) is 1.54. The Morgan fingerprint density at radius 1 is 1.09 bits per heavy atom. The maximum Gasteiger partial charge on any atom is 0.263 e. The van der Waals surface area contributed by atoms with Gasteiger partial charge in [0, 0.05) is 12.6 Å². The van der Waals surface area contributed by atoms with Crippen LogP contribution < -0.4 is 14.8 Å². The number of nitrogens with one attached hydrogen (secondary N) is 1. The van der Waals surface area contributed by atoms with Crippen LogP contribution in [0.5, 0.6) is 11.5 Å². The number of carbonyl (C=O) groups is 2. The summed E-state index contributed by atoms with van der Waals surface area (Å²) in [6.45, 7) is 5.09. The van der Waals surface area contributed by atoms with Crippen LogP contribution in [0.3, 0.4) is 0 Å². The van der Waals surface area contributed by atoms with Crippen molar-refractivity contribution >= 4 is 11.8 Å². The molecule has 0 saturated heterocycles. The van der Waals surface area contributed by atoms with Crippen LogP contribution in [0, 0.1) is 17.4 Å². The van der Waals surface area contributed by atoms with Crippen LogP contribution in [0.4, 0.5) is 0 Å². The molecule has 168 valence electrons. The van der Waals surface area contributed by atoms with E-state index in [0.29, 0.717) is 36.7 Å². The molecule has 3 rings (SSSR count). The average molecular weight is 437 g/mol. The first-order chi connectivity index (χ1) is 15.4. The van der Waals surface area contributed by atoms with Gasteiger partial charge in [-0.2, -0.15) is 5.26 Å². The molecular formula is C24H28N4O4. The van der Waals surface area contributed by atoms with Crippen molar-refractivity contribution in [2.75, 3.05) is 20.3 Å². The highest BCUT2D eigenvalue weighted by molar-refractivity contribution is 5.98. The molecule has 0 aliphatic carbocycles. The molecular weight excluding hydrogens is 408 g/mol. The molecule has 0 aromatic heterocycles. The van der Waals surface area contributed by atoms with E-state index in [1.54, 1.807) is 18.2 Å². The normalized spacial score (nSPS) is 13.1. The Hall–Kier alpha value is -3.73. The van der Waals surface area contributed by atoms with Crippen molar-refractivity contribution in [3.63, 3.8) is 0 Å². The molecule has 0 radical (unpaired) electrons. The molecule has 1 aliphatic heterocycles. The second-order valence-electron chi connectivity index (χ2n) is 8.02. The highest BCUT2D eigenvalue weighted by atomic mass is 16.6. The van der Waals surface area contributed by atoms with Gasteiger partial charge in [-0.1, -0.05) is 44.2 Å². The zero-order chi connectivity index (χ0) is 23.1. The van der Waals surface area contributed by atoms with Gasteiger partial charge in [-0.3, -0.25) is 9.59 Å². The van der Waals surface area contributed by atoms with E-state index < -0.39 is 6.04 Å². The van der Waals surface area contributed by atoms with Crippen LogP contribution in [0.15, 0.2) is 48.5 Å². The number of likely N-dealkylation sites (N-methyl/N-ethyl adjacent to an activating group) is 1. The lowest BCUT2D eigenvalue weighted by Crippen LogP contribution is -2.52. The zero-order valence-electron chi connectivity index (χ0n) is 18.6. The third-order valence-corrected chi connectivity index (χ3v) is 5.09. The molecule has 2 amide bonds. The van der Waals surface area contributed by atoms with Crippen molar-refractivity contribution in [1.29, 1.82) is 5.26 Å². The molecule has 0 fully saturated rings. The fourth-order valence-corrected chi connectivity index (χ4v) is 3.43. The predicted molar refractivity (Wildman–Crippen MR) is 119 cm³/mol. The van der Waals surface area contributed by atoms with Crippen LogP contribution in [0.25, 0.3) is 0 Å². The van der Waals surface area contributed by atoms with Gasteiger partial charge in [0.05, 0.1) is 6.54 Å². The van der Waals surface area contributed by atoms with Gasteiger partial charge in [-0.15, -0.1) is 0 Å². The zero-order valence-corrected chi connectivity index (χ0v) is 18.6. The molecule has 2 aromatic rings. The van der Waals surface area contributed by atoms with Crippen LogP contribution in [-0.2, 0) is 11.3 Å². The molecule has 2 aromatic carbocycles. The van der Waals surface area contributed by atoms with Crippen LogP contribution in [-0.4, -0.2) is 48.1 Å². The molecule has 32 heavy (non-hydrogen) atoms. The van der Waals surface area contributed by atoms with Gasteiger partial charge in [-0.05, 0) is 36.1 Å². The molecule has 8 nitrogen and oxygen atoms in total. The molecule has 0 spiro atoms. The number of nitriles is 1. The summed E-state index contributed by atoms with van der Waals surface area (Å²) in [6, 6.07) is 13.6. The number of ether oxygens (including phenoxy) is 2. The molecule has 1 heterocycles. The fraction of sp³-hybridized carbons (Fsp3) is 0.375. The summed E-state index contributed by atoms with van der Waals surface area (Å²) < 4.78 is 11.0. The smallest absolute Gasteiger partial charge is 0.263 e. The Balaban J connectivity index is 1.73. The summed E-state index contributed by atoms with van der Waals surface area (Å²) in [6.07, 6.45) is 2.49. The monoisotopic (exact) mass is 436 g/mol. The van der Waals surface area contributed by atoms with E-state index in [1.807, 2.05) is 44.2 Å². The van der Waals surface area contributed by atoms with E-state index in [1.165, 1.54) is 17.1 Å². The third-order valence-electron chi connectivity index (χ3n) is 5.09. The Morgan fingerprint density at radius 3 is 2.44 bits per heavy atom. The van der Waals surface area contributed by atoms with Gasteiger partial charge in [0.1, 0.15) is 19.3 Å². The van der Waals surface area contributed by atoms with Crippen LogP contribution in [0.1, 0.15) is 36.2 Å². The van der Waals surface area contributed by atoms with Crippen molar-refractivity contribution in [2.24, 2.45) is 5.92 Å². The third kappa shape index (κ3) is 5.70. The first kappa shape index (κ1) is 22.9. The topological polar surface area (TPSA) is 94.9 Å². The Kier molecular flexibility index (Phi) is 7.55. The number of fused-ring (bicyclic) bond motifs is 1. The van der Waals surface area contributed by atoms with Crippen molar-refractivity contribution in [3.05, 3.63) is 59.7 Å². The average Bonchev–Trinajstić information content (AvgIpc) is 2.81. The lowest BCUT2D eigenvalue weighted by Gasteiger charge is -2.31. The molecule has 1 atom stereocenters. The summed E-state index contributed by atoms with van der Waals surface area (Å²) in [4.78, 5) is 26.2. The minimum atomic E-state index is -0.785. The molecule has 0 saturated carbocycles. The Morgan fingerprint density at radius 2 is 1.78 bits per heavy atom. The maximum atomic E-state index is 13.2. The highest BCUT2D eigenvalue weighted by Crippen LogP contribution is 2.30. The number of hydrogen-bond acceptors (Lipinski definition) is 6. The van der Waals surface area contributed by atoms with Gasteiger partial charge in [0.25, 0.3) is 11.8 Å². The van der Waals surface area contributed by atoms with Crippen LogP contribution in [0.2, 0.25) is 0 Å². The van der Waals surface area contributed by atoms with Crippen molar-refractivity contribution in [3.8, 4) is 17.7 Å². The standard InChI is InChI=1S/C24H28N4O4/c1-17(2)13-20(24(30)27(3)28(16-25)15-18-7-5-4-6-8-18)26-23(29)19-9-10-21-22(14-19)32-12-11-31-21/h4-10,14,17,20H,11-13,15H2,1-3H3,(H,26,29)/t20-/m0/s1. The van der Waals surface area contributed by atoms with Crippen molar-refractivity contribution in [2.45, 2.75) is 32.9 Å². The second kappa shape index (κ2) is 10.5. The Labute approximate surface area is 188 Å². The SMILES string of the molecule is CC(C)C[C@H](NC(=O)c1ccc2c(c1)OCCO2)C(=O)N(C)N(C#N)Cc1ccccc1. The summed E-state index contributed by atoms with van der Waals surface area (Å²) in [5.74, 6) is 0.504.